The molecule has 0 aromatic heterocycles. The van der Waals surface area contributed by atoms with Gasteiger partial charge in [0.15, 0.2) is 6.10 Å². The number of amides is 2. The summed E-state index contributed by atoms with van der Waals surface area (Å²) in [6.07, 6.45) is 7.49. The van der Waals surface area contributed by atoms with Gasteiger partial charge in [0.2, 0.25) is 5.91 Å². The van der Waals surface area contributed by atoms with Crippen LogP contribution in [0.15, 0.2) is 29.8 Å². The van der Waals surface area contributed by atoms with E-state index in [9.17, 15) is 19.2 Å². The van der Waals surface area contributed by atoms with Gasteiger partial charge in [0.1, 0.15) is 11.5 Å². The number of imide groups is 1. The van der Waals surface area contributed by atoms with E-state index in [1.165, 1.54) is 12.5 Å². The highest BCUT2D eigenvalue weighted by molar-refractivity contribution is 6.05. The molecule has 0 aliphatic carbocycles. The van der Waals surface area contributed by atoms with Gasteiger partial charge in [-0.2, -0.15) is 0 Å². The average molecular weight is 586 g/mol. The molecule has 232 valence electrons. The summed E-state index contributed by atoms with van der Waals surface area (Å²) in [4.78, 5) is 45.9. The van der Waals surface area contributed by atoms with E-state index in [0.717, 1.165) is 62.7 Å². The number of unbranched alkanes of at least 4 members (excludes halogenated alkanes) is 7. The second-order valence-electron chi connectivity index (χ2n) is 12.6. The van der Waals surface area contributed by atoms with Crippen molar-refractivity contribution in [2.75, 3.05) is 19.8 Å². The van der Waals surface area contributed by atoms with E-state index >= 15 is 0 Å². The van der Waals surface area contributed by atoms with Gasteiger partial charge in [-0.25, -0.2) is 0 Å². The summed E-state index contributed by atoms with van der Waals surface area (Å²) in [5.74, 6) is -0.345. The van der Waals surface area contributed by atoms with E-state index < -0.39 is 23.9 Å². The molecule has 3 rings (SSSR count). The lowest BCUT2D eigenvalue weighted by molar-refractivity contribution is -0.154. The summed E-state index contributed by atoms with van der Waals surface area (Å²) in [5.41, 5.74) is 1.73. The highest BCUT2D eigenvalue weighted by Gasteiger charge is 2.43. The summed E-state index contributed by atoms with van der Waals surface area (Å²) in [6.45, 7) is 12.1. The van der Waals surface area contributed by atoms with Crippen molar-refractivity contribution in [2.24, 2.45) is 10.8 Å². The standard InChI is InChI=1S/C33H47NO8/c1-23(35)41-25-16-14-15-24(19-25)29-30(33(4,5)22-40-29)32(2,3)21-39-18-13-11-9-7-6-8-10-12-17-28(37)42-26-20-27(36)34-31(26)38/h14-16,19,26H,6-13,17-18,20-22H2,1-5H3,(H,34,36,38). The number of rotatable bonds is 17. The lowest BCUT2D eigenvalue weighted by atomic mass is 9.70. The predicted octanol–water partition coefficient (Wildman–Crippen LogP) is 5.89. The molecule has 2 amide bonds. The minimum Gasteiger partial charge on any atom is -0.492 e. The molecule has 2 heterocycles. The van der Waals surface area contributed by atoms with Gasteiger partial charge in [-0.1, -0.05) is 78.4 Å². The van der Waals surface area contributed by atoms with Crippen LogP contribution in [0.5, 0.6) is 5.75 Å². The van der Waals surface area contributed by atoms with Gasteiger partial charge in [0, 0.05) is 36.3 Å². The first-order valence-corrected chi connectivity index (χ1v) is 15.2. The van der Waals surface area contributed by atoms with Gasteiger partial charge in [-0.3, -0.25) is 24.5 Å². The SMILES string of the molecule is CC(=O)Oc1cccc(C2=C(C(C)(C)COCCCCCCCCCCC(=O)OC3CC(=O)NC3=O)C(C)(C)CO2)c1. The summed E-state index contributed by atoms with van der Waals surface area (Å²) in [6, 6.07) is 7.48. The molecule has 1 saturated heterocycles. The molecule has 9 nitrogen and oxygen atoms in total. The number of benzene rings is 1. The number of hydrogen-bond acceptors (Lipinski definition) is 8. The Hall–Kier alpha value is -3.20. The van der Waals surface area contributed by atoms with Crippen molar-refractivity contribution in [3.8, 4) is 5.75 Å². The van der Waals surface area contributed by atoms with Gasteiger partial charge in [-0.15, -0.1) is 0 Å². The molecule has 2 aliphatic heterocycles. The maximum atomic E-state index is 11.9. The fourth-order valence-corrected chi connectivity index (χ4v) is 5.80. The molecule has 1 N–H and O–H groups in total. The Labute approximate surface area is 249 Å². The van der Waals surface area contributed by atoms with Crippen molar-refractivity contribution >= 4 is 29.5 Å². The van der Waals surface area contributed by atoms with Crippen LogP contribution >= 0.6 is 0 Å². The number of ether oxygens (including phenoxy) is 4. The second kappa shape index (κ2) is 15.3. The molecule has 0 radical (unpaired) electrons. The van der Waals surface area contributed by atoms with Crippen LogP contribution in [0.1, 0.15) is 104 Å². The van der Waals surface area contributed by atoms with E-state index in [4.69, 9.17) is 18.9 Å². The Morgan fingerprint density at radius 1 is 1.02 bits per heavy atom. The highest BCUT2D eigenvalue weighted by Crippen LogP contribution is 2.50. The Kier molecular flexibility index (Phi) is 12.2. The molecule has 1 unspecified atom stereocenters. The molecule has 0 spiro atoms. The third kappa shape index (κ3) is 9.96. The molecule has 1 aromatic rings. The molecule has 2 aliphatic rings. The summed E-state index contributed by atoms with van der Waals surface area (Å²) in [7, 11) is 0. The van der Waals surface area contributed by atoms with Gasteiger partial charge in [0.05, 0.1) is 19.6 Å². The topological polar surface area (TPSA) is 117 Å². The summed E-state index contributed by atoms with van der Waals surface area (Å²) >= 11 is 0. The van der Waals surface area contributed by atoms with Crippen LogP contribution in [0, 0.1) is 10.8 Å². The largest absolute Gasteiger partial charge is 0.492 e. The number of carbonyl (C=O) groups excluding carboxylic acids is 4. The Morgan fingerprint density at radius 3 is 2.33 bits per heavy atom. The van der Waals surface area contributed by atoms with Gasteiger partial charge >= 0.3 is 11.9 Å². The molecule has 0 saturated carbocycles. The van der Waals surface area contributed by atoms with Crippen molar-refractivity contribution in [2.45, 2.75) is 105 Å². The second-order valence-corrected chi connectivity index (χ2v) is 12.6. The fourth-order valence-electron chi connectivity index (χ4n) is 5.80. The zero-order valence-electron chi connectivity index (χ0n) is 25.8. The Bertz CT molecular complexity index is 1150. The molecule has 1 aromatic carbocycles. The fraction of sp³-hybridized carbons (Fsp3) is 0.636. The van der Waals surface area contributed by atoms with Gasteiger partial charge in [0.25, 0.3) is 5.91 Å². The number of carbonyl (C=O) groups is 4. The first-order valence-electron chi connectivity index (χ1n) is 15.2. The lowest BCUT2D eigenvalue weighted by Gasteiger charge is -2.34. The first-order chi connectivity index (χ1) is 19.9. The zero-order valence-corrected chi connectivity index (χ0v) is 25.8. The molecular formula is C33H47NO8. The molecule has 1 fully saturated rings. The number of hydrogen-bond donors (Lipinski definition) is 1. The van der Waals surface area contributed by atoms with Crippen molar-refractivity contribution < 1.29 is 38.1 Å². The minimum absolute atomic E-state index is 0.0747. The normalized spacial score (nSPS) is 18.2. The molecule has 42 heavy (non-hydrogen) atoms. The van der Waals surface area contributed by atoms with Crippen LogP contribution in [-0.2, 0) is 33.4 Å². The van der Waals surface area contributed by atoms with Crippen molar-refractivity contribution in [1.82, 2.24) is 5.32 Å². The Balaban J connectivity index is 1.31. The Morgan fingerprint density at radius 2 is 1.69 bits per heavy atom. The van der Waals surface area contributed by atoms with Crippen molar-refractivity contribution in [1.29, 1.82) is 0 Å². The maximum Gasteiger partial charge on any atom is 0.308 e. The van der Waals surface area contributed by atoms with E-state index in [-0.39, 0.29) is 29.6 Å². The van der Waals surface area contributed by atoms with E-state index in [1.807, 2.05) is 18.2 Å². The van der Waals surface area contributed by atoms with Crippen LogP contribution < -0.4 is 10.1 Å². The molecule has 0 bridgehead atoms. The van der Waals surface area contributed by atoms with Gasteiger partial charge < -0.3 is 18.9 Å². The number of esters is 2. The molecule has 1 atom stereocenters. The van der Waals surface area contributed by atoms with Crippen LogP contribution in [0.2, 0.25) is 0 Å². The van der Waals surface area contributed by atoms with Crippen LogP contribution in [-0.4, -0.2) is 49.7 Å². The van der Waals surface area contributed by atoms with Crippen molar-refractivity contribution in [3.63, 3.8) is 0 Å². The molecular weight excluding hydrogens is 538 g/mol. The first kappa shape index (κ1) is 33.3. The van der Waals surface area contributed by atoms with Crippen LogP contribution in [0.4, 0.5) is 0 Å². The lowest BCUT2D eigenvalue weighted by Crippen LogP contribution is -2.31. The third-order valence-electron chi connectivity index (χ3n) is 7.60. The van der Waals surface area contributed by atoms with Crippen molar-refractivity contribution in [3.05, 3.63) is 35.4 Å². The smallest absolute Gasteiger partial charge is 0.308 e. The maximum absolute atomic E-state index is 11.9. The third-order valence-corrected chi connectivity index (χ3v) is 7.60. The van der Waals surface area contributed by atoms with Crippen LogP contribution in [0.25, 0.3) is 5.76 Å². The van der Waals surface area contributed by atoms with Crippen LogP contribution in [0.3, 0.4) is 0 Å². The predicted molar refractivity (Wildman–Crippen MR) is 158 cm³/mol. The monoisotopic (exact) mass is 585 g/mol. The quantitative estimate of drug-likeness (QED) is 0.104. The van der Waals surface area contributed by atoms with Gasteiger partial charge in [-0.05, 0) is 30.5 Å². The summed E-state index contributed by atoms with van der Waals surface area (Å²) in [5, 5.41) is 2.14. The van der Waals surface area contributed by atoms with E-state index in [0.29, 0.717) is 25.6 Å². The van der Waals surface area contributed by atoms with E-state index in [2.05, 4.69) is 33.0 Å². The van der Waals surface area contributed by atoms with E-state index in [1.54, 1.807) is 6.07 Å². The highest BCUT2D eigenvalue weighted by atomic mass is 16.6. The number of nitrogens with one attached hydrogen (secondary N) is 1. The summed E-state index contributed by atoms with van der Waals surface area (Å²) < 4.78 is 22.7. The zero-order chi connectivity index (χ0) is 30.8. The minimum atomic E-state index is -0.962. The molecule has 9 heteroatoms. The average Bonchev–Trinajstić information content (AvgIpc) is 3.40.